The average Bonchev–Trinajstić information content (AvgIpc) is 3.15. The zero-order valence-corrected chi connectivity index (χ0v) is 20.4. The standard InChI is InChI=1S/C22H22N5PS.V/c1-5-14(2)17-7-8-18-13-24-21-22(25-26-27(21)19(18)11-17)29-28(4)20-9-6-16(12-23)10-15(20)3;/h6-11,14,26H,5H2,1-4H3;. The number of nitrogens with zero attached hydrogens (tertiary/aromatic N) is 4. The van der Waals surface area contributed by atoms with Crippen molar-refractivity contribution in [1.29, 1.82) is 5.26 Å². The van der Waals surface area contributed by atoms with Crippen molar-refractivity contribution in [3.05, 3.63) is 57.1 Å². The normalized spacial score (nSPS) is 13.4. The van der Waals surface area contributed by atoms with Gasteiger partial charge in [-0.3, -0.25) is 0 Å². The maximum atomic E-state index is 9.12. The number of rotatable bonds is 5. The number of hydrogen-bond acceptors (Lipinski definition) is 4. The topological polar surface area (TPSA) is 69.8 Å². The minimum absolute atomic E-state index is 0.507. The summed E-state index contributed by atoms with van der Waals surface area (Å²) >= 11 is 4.33. The van der Waals surface area contributed by atoms with Gasteiger partial charge >= 0.3 is 190 Å². The van der Waals surface area contributed by atoms with Crippen molar-refractivity contribution in [3.63, 3.8) is 0 Å². The van der Waals surface area contributed by atoms with E-state index in [4.69, 9.17) is 10.2 Å². The summed E-state index contributed by atoms with van der Waals surface area (Å²) in [5.41, 5.74) is 5.12. The monoisotopic (exact) mass is 470 g/mol. The summed E-state index contributed by atoms with van der Waals surface area (Å²) < 4.78 is 2.95. The Kier molecular flexibility index (Phi) is 6.18. The SMILES string of the molecule is CCC(C)c1ccc2[c](=[V])nc3c(SP(C)c4ccc(C#N)cc4C)n[nH]n3c2c1. The predicted molar refractivity (Wildman–Crippen MR) is 121 cm³/mol. The van der Waals surface area contributed by atoms with Crippen LogP contribution in [0.5, 0.6) is 0 Å². The van der Waals surface area contributed by atoms with Crippen LogP contribution in [0.25, 0.3) is 16.6 Å². The molecule has 1 N–H and O–H groups in total. The van der Waals surface area contributed by atoms with Crippen LogP contribution >= 0.6 is 18.5 Å². The molecule has 0 saturated carbocycles. The predicted octanol–water partition coefficient (Wildman–Crippen LogP) is 5.43. The zero-order chi connectivity index (χ0) is 21.4. The first-order valence-electron chi connectivity index (χ1n) is 9.78. The van der Waals surface area contributed by atoms with Crippen molar-refractivity contribution in [1.82, 2.24) is 19.8 Å². The molecule has 8 heteroatoms. The van der Waals surface area contributed by atoms with Gasteiger partial charge in [-0.25, -0.2) is 0 Å². The average molecular weight is 470 g/mol. The molecule has 151 valence electrons. The maximum absolute atomic E-state index is 9.12. The fraction of sp³-hybridized carbons (Fsp3) is 0.273. The van der Waals surface area contributed by atoms with E-state index >= 15 is 0 Å². The van der Waals surface area contributed by atoms with Gasteiger partial charge in [-0.05, 0) is 0 Å². The molecule has 30 heavy (non-hydrogen) atoms. The van der Waals surface area contributed by atoms with Gasteiger partial charge in [0.25, 0.3) is 0 Å². The fourth-order valence-corrected chi connectivity index (χ4v) is 7.50. The third-order valence-corrected chi connectivity index (χ3v) is 9.80. The molecule has 2 unspecified atom stereocenters. The van der Waals surface area contributed by atoms with Crippen molar-refractivity contribution in [2.45, 2.75) is 38.1 Å². The van der Waals surface area contributed by atoms with Gasteiger partial charge in [0.05, 0.1) is 0 Å². The van der Waals surface area contributed by atoms with Crippen molar-refractivity contribution in [2.24, 2.45) is 0 Å². The van der Waals surface area contributed by atoms with Gasteiger partial charge in [-0.15, -0.1) is 0 Å². The number of nitriles is 1. The summed E-state index contributed by atoms with van der Waals surface area (Å²) in [4.78, 5) is 4.84. The summed E-state index contributed by atoms with van der Waals surface area (Å²) in [6, 6.07) is 14.7. The van der Waals surface area contributed by atoms with Gasteiger partial charge in [-0.1, -0.05) is 0 Å². The summed E-state index contributed by atoms with van der Waals surface area (Å²) in [5, 5.41) is 20.2. The van der Waals surface area contributed by atoms with E-state index in [0.717, 1.165) is 37.6 Å². The number of nitrogens with one attached hydrogen (secondary N) is 1. The molecule has 0 radical (unpaired) electrons. The van der Waals surface area contributed by atoms with E-state index in [9.17, 15) is 0 Å². The molecule has 0 fully saturated rings. The molecule has 2 aromatic carbocycles. The molecule has 0 aliphatic heterocycles. The molecule has 0 saturated heterocycles. The second-order valence-electron chi connectivity index (χ2n) is 7.40. The third-order valence-electron chi connectivity index (χ3n) is 5.44. The van der Waals surface area contributed by atoms with Crippen LogP contribution in [0.15, 0.2) is 41.4 Å². The number of aromatic nitrogens is 4. The Morgan fingerprint density at radius 2 is 2.10 bits per heavy atom. The van der Waals surface area contributed by atoms with E-state index in [-0.39, 0.29) is 0 Å². The number of benzene rings is 2. The van der Waals surface area contributed by atoms with Crippen molar-refractivity contribution in [2.75, 3.05) is 6.66 Å². The number of H-pyrrole nitrogens is 1. The molecule has 2 aromatic heterocycles. The molecule has 0 aliphatic rings. The molecule has 2 atom stereocenters. The zero-order valence-electron chi connectivity index (χ0n) is 17.3. The number of hydrogen-bond donors (Lipinski definition) is 1. The van der Waals surface area contributed by atoms with Crippen LogP contribution < -0.4 is 5.30 Å². The van der Waals surface area contributed by atoms with E-state index in [1.54, 1.807) is 11.4 Å². The molecule has 0 spiro atoms. The van der Waals surface area contributed by atoms with Crippen LogP contribution in [0, 0.1) is 22.3 Å². The Hall–Kier alpha value is -1.90. The van der Waals surface area contributed by atoms with Crippen molar-refractivity contribution in [3.8, 4) is 6.07 Å². The van der Waals surface area contributed by atoms with Gasteiger partial charge in [0.1, 0.15) is 0 Å². The third kappa shape index (κ3) is 3.88. The fourth-order valence-electron chi connectivity index (χ4n) is 3.50. The first kappa shape index (κ1) is 21.3. The molecule has 5 nitrogen and oxygen atoms in total. The van der Waals surface area contributed by atoms with Crippen molar-refractivity contribution >= 4 is 40.4 Å². The Labute approximate surface area is 189 Å². The van der Waals surface area contributed by atoms with E-state index in [1.807, 2.05) is 16.6 Å². The Bertz CT molecular complexity index is 1350. The number of aryl methyl sites for hydroxylation is 1. The molecular formula is C22H22N5PSV. The molecule has 2 heterocycles. The Balaban J connectivity index is 1.77. The van der Waals surface area contributed by atoms with Crippen LogP contribution in [-0.4, -0.2) is 26.5 Å². The Morgan fingerprint density at radius 3 is 2.80 bits per heavy atom. The van der Waals surface area contributed by atoms with Gasteiger partial charge in [0.2, 0.25) is 0 Å². The van der Waals surface area contributed by atoms with Crippen molar-refractivity contribution < 1.29 is 17.0 Å². The van der Waals surface area contributed by atoms with Crippen LogP contribution in [0.1, 0.15) is 42.9 Å². The molecule has 4 rings (SSSR count). The van der Waals surface area contributed by atoms with Gasteiger partial charge < -0.3 is 0 Å². The molecule has 0 amide bonds. The van der Waals surface area contributed by atoms with E-state index in [2.05, 4.69) is 85.1 Å². The first-order chi connectivity index (χ1) is 14.4. The van der Waals surface area contributed by atoms with E-state index in [1.165, 1.54) is 10.9 Å². The van der Waals surface area contributed by atoms with E-state index in [0.29, 0.717) is 11.5 Å². The summed E-state index contributed by atoms with van der Waals surface area (Å²) in [6.45, 7) is 8.76. The van der Waals surface area contributed by atoms with Crippen LogP contribution in [-0.2, 0) is 17.0 Å². The second kappa shape index (κ2) is 8.69. The molecule has 0 aliphatic carbocycles. The molecular weight excluding hydrogens is 448 g/mol. The molecule has 0 bridgehead atoms. The first-order valence-corrected chi connectivity index (χ1v) is 13.7. The number of fused-ring (bicyclic) bond motifs is 3. The second-order valence-corrected chi connectivity index (χ2v) is 12.3. The van der Waals surface area contributed by atoms with Crippen LogP contribution in [0.4, 0.5) is 0 Å². The van der Waals surface area contributed by atoms with Crippen LogP contribution in [0.2, 0.25) is 0 Å². The minimum atomic E-state index is -0.543. The number of aromatic amines is 1. The molecule has 4 aromatic rings. The Morgan fingerprint density at radius 1 is 1.30 bits per heavy atom. The van der Waals surface area contributed by atoms with Crippen LogP contribution in [0.3, 0.4) is 0 Å². The quantitative estimate of drug-likeness (QED) is 0.395. The summed E-state index contributed by atoms with van der Waals surface area (Å²) in [6.07, 6.45) is 1.10. The van der Waals surface area contributed by atoms with Gasteiger partial charge in [0.15, 0.2) is 0 Å². The van der Waals surface area contributed by atoms with Gasteiger partial charge in [-0.2, -0.15) is 0 Å². The summed E-state index contributed by atoms with van der Waals surface area (Å²) in [7, 11) is -0.543. The van der Waals surface area contributed by atoms with E-state index < -0.39 is 7.12 Å². The summed E-state index contributed by atoms with van der Waals surface area (Å²) in [5.74, 6) is 0.507. The van der Waals surface area contributed by atoms with Gasteiger partial charge in [0, 0.05) is 0 Å².